The molecule has 21 heavy (non-hydrogen) atoms. The molecular weight excluding hydrogens is 275 g/mol. The smallest absolute Gasteiger partial charge is 0.165 e. The van der Waals surface area contributed by atoms with Crippen LogP contribution in [0.25, 0.3) is 0 Å². The van der Waals surface area contributed by atoms with Gasteiger partial charge in [-0.2, -0.15) is 0 Å². The lowest BCUT2D eigenvalue weighted by Crippen LogP contribution is -2.10. The molecule has 0 unspecified atom stereocenters. The second-order valence-electron chi connectivity index (χ2n) is 4.16. The second kappa shape index (κ2) is 7.28. The van der Waals surface area contributed by atoms with Gasteiger partial charge < -0.3 is 14.2 Å². The predicted octanol–water partition coefficient (Wildman–Crippen LogP) is 3.10. The topological polar surface area (TPSA) is 44.8 Å². The zero-order chi connectivity index (χ0) is 15.1. The summed E-state index contributed by atoms with van der Waals surface area (Å²) in [6.45, 7) is 0.421. The highest BCUT2D eigenvalue weighted by molar-refractivity contribution is 5.76. The SMILES string of the molecule is COc1cc(C=O)ccc1OCCOc1ccccc1F. The summed E-state index contributed by atoms with van der Waals surface area (Å²) in [5, 5.41) is 0. The maximum absolute atomic E-state index is 13.3. The van der Waals surface area contributed by atoms with Gasteiger partial charge in [-0.25, -0.2) is 4.39 Å². The molecule has 0 N–H and O–H groups in total. The zero-order valence-electron chi connectivity index (χ0n) is 11.5. The number of aldehydes is 1. The van der Waals surface area contributed by atoms with Crippen LogP contribution in [0.15, 0.2) is 42.5 Å². The predicted molar refractivity (Wildman–Crippen MR) is 75.8 cm³/mol. The van der Waals surface area contributed by atoms with Crippen LogP contribution in [0.5, 0.6) is 17.2 Å². The molecule has 5 heteroatoms. The Morgan fingerprint density at radius 1 is 1.00 bits per heavy atom. The lowest BCUT2D eigenvalue weighted by molar-refractivity contribution is 0.112. The van der Waals surface area contributed by atoms with E-state index in [1.54, 1.807) is 36.4 Å². The molecule has 0 amide bonds. The van der Waals surface area contributed by atoms with Crippen LogP contribution in [0.3, 0.4) is 0 Å². The fourth-order valence-corrected chi connectivity index (χ4v) is 1.74. The van der Waals surface area contributed by atoms with E-state index in [1.165, 1.54) is 13.2 Å². The maximum atomic E-state index is 13.3. The van der Waals surface area contributed by atoms with Gasteiger partial charge in [-0.05, 0) is 30.3 Å². The lowest BCUT2D eigenvalue weighted by atomic mass is 10.2. The molecule has 0 fully saturated rings. The van der Waals surface area contributed by atoms with Crippen LogP contribution in [0.2, 0.25) is 0 Å². The van der Waals surface area contributed by atoms with Gasteiger partial charge in [-0.15, -0.1) is 0 Å². The first kappa shape index (κ1) is 14.8. The molecule has 110 valence electrons. The van der Waals surface area contributed by atoms with E-state index in [-0.39, 0.29) is 19.0 Å². The Hall–Kier alpha value is -2.56. The van der Waals surface area contributed by atoms with Gasteiger partial charge in [-0.1, -0.05) is 12.1 Å². The van der Waals surface area contributed by atoms with Crippen LogP contribution < -0.4 is 14.2 Å². The lowest BCUT2D eigenvalue weighted by Gasteiger charge is -2.12. The van der Waals surface area contributed by atoms with E-state index < -0.39 is 5.82 Å². The molecule has 0 spiro atoms. The molecule has 0 aliphatic rings. The number of hydrogen-bond acceptors (Lipinski definition) is 4. The van der Waals surface area contributed by atoms with Crippen molar-refractivity contribution >= 4 is 6.29 Å². The van der Waals surface area contributed by atoms with Crippen LogP contribution in [-0.2, 0) is 0 Å². The summed E-state index contributed by atoms with van der Waals surface area (Å²) in [6, 6.07) is 11.0. The Labute approximate surface area is 122 Å². The summed E-state index contributed by atoms with van der Waals surface area (Å²) >= 11 is 0. The van der Waals surface area contributed by atoms with Crippen molar-refractivity contribution in [3.05, 3.63) is 53.8 Å². The highest BCUT2D eigenvalue weighted by atomic mass is 19.1. The first-order chi connectivity index (χ1) is 10.2. The number of rotatable bonds is 7. The van der Waals surface area contributed by atoms with Crippen LogP contribution in [0, 0.1) is 5.82 Å². The maximum Gasteiger partial charge on any atom is 0.165 e. The molecule has 4 nitrogen and oxygen atoms in total. The van der Waals surface area contributed by atoms with E-state index in [4.69, 9.17) is 14.2 Å². The van der Waals surface area contributed by atoms with Crippen LogP contribution in [0.4, 0.5) is 4.39 Å². The summed E-state index contributed by atoms with van der Waals surface area (Å²) in [5.41, 5.74) is 0.502. The molecular formula is C16H15FO4. The number of methoxy groups -OCH3 is 1. The average molecular weight is 290 g/mol. The minimum Gasteiger partial charge on any atom is -0.493 e. The van der Waals surface area contributed by atoms with Crippen molar-refractivity contribution in [1.29, 1.82) is 0 Å². The fraction of sp³-hybridized carbons (Fsp3) is 0.188. The minimum atomic E-state index is -0.412. The first-order valence-corrected chi connectivity index (χ1v) is 6.38. The Bertz CT molecular complexity index is 613. The summed E-state index contributed by atoms with van der Waals surface area (Å²) in [5.74, 6) is 0.737. The zero-order valence-corrected chi connectivity index (χ0v) is 11.5. The molecule has 2 aromatic rings. The van der Waals surface area contributed by atoms with Crippen molar-refractivity contribution in [2.45, 2.75) is 0 Å². The third-order valence-electron chi connectivity index (χ3n) is 2.76. The number of halogens is 1. The molecule has 0 aromatic heterocycles. The van der Waals surface area contributed by atoms with Crippen molar-refractivity contribution in [3.8, 4) is 17.2 Å². The summed E-state index contributed by atoms with van der Waals surface area (Å²) < 4.78 is 29.2. The van der Waals surface area contributed by atoms with Crippen molar-refractivity contribution in [2.24, 2.45) is 0 Å². The number of benzene rings is 2. The fourth-order valence-electron chi connectivity index (χ4n) is 1.74. The van der Waals surface area contributed by atoms with Gasteiger partial charge in [0.25, 0.3) is 0 Å². The Kier molecular flexibility index (Phi) is 5.15. The van der Waals surface area contributed by atoms with Crippen LogP contribution in [-0.4, -0.2) is 26.6 Å². The van der Waals surface area contributed by atoms with Gasteiger partial charge in [0, 0.05) is 5.56 Å². The number of carbonyl (C=O) groups is 1. The first-order valence-electron chi connectivity index (χ1n) is 6.38. The molecule has 0 saturated carbocycles. The van der Waals surface area contributed by atoms with E-state index in [2.05, 4.69) is 0 Å². The van der Waals surface area contributed by atoms with Gasteiger partial charge in [0.1, 0.15) is 19.5 Å². The van der Waals surface area contributed by atoms with Gasteiger partial charge in [0.15, 0.2) is 23.1 Å². The van der Waals surface area contributed by atoms with E-state index >= 15 is 0 Å². The average Bonchev–Trinajstić information content (AvgIpc) is 2.53. The highest BCUT2D eigenvalue weighted by Crippen LogP contribution is 2.27. The quantitative estimate of drug-likeness (QED) is 0.580. The number of hydrogen-bond donors (Lipinski definition) is 0. The molecule has 0 bridgehead atoms. The van der Waals surface area contributed by atoms with Gasteiger partial charge >= 0.3 is 0 Å². The monoisotopic (exact) mass is 290 g/mol. The van der Waals surface area contributed by atoms with Gasteiger partial charge in [0.05, 0.1) is 7.11 Å². The molecule has 2 aromatic carbocycles. The molecule has 0 saturated heterocycles. The Morgan fingerprint density at radius 2 is 1.71 bits per heavy atom. The summed E-state index contributed by atoms with van der Waals surface area (Å²) in [6.07, 6.45) is 0.730. The third-order valence-corrected chi connectivity index (χ3v) is 2.76. The van der Waals surface area contributed by atoms with Crippen molar-refractivity contribution in [2.75, 3.05) is 20.3 Å². The molecule has 2 rings (SSSR count). The van der Waals surface area contributed by atoms with E-state index in [9.17, 15) is 9.18 Å². The number of carbonyl (C=O) groups excluding carboxylic acids is 1. The van der Waals surface area contributed by atoms with E-state index in [0.717, 1.165) is 6.29 Å². The van der Waals surface area contributed by atoms with Crippen molar-refractivity contribution in [3.63, 3.8) is 0 Å². The van der Waals surface area contributed by atoms with E-state index in [0.29, 0.717) is 17.1 Å². The van der Waals surface area contributed by atoms with E-state index in [1.807, 2.05) is 0 Å². The number of ether oxygens (including phenoxy) is 3. The van der Waals surface area contributed by atoms with Gasteiger partial charge in [-0.3, -0.25) is 4.79 Å². The number of para-hydroxylation sites is 1. The normalized spacial score (nSPS) is 10.0. The summed E-state index contributed by atoms with van der Waals surface area (Å²) in [4.78, 5) is 10.7. The Morgan fingerprint density at radius 3 is 2.38 bits per heavy atom. The molecule has 0 heterocycles. The Balaban J connectivity index is 1.89. The van der Waals surface area contributed by atoms with Crippen LogP contribution >= 0.6 is 0 Å². The molecule has 0 aliphatic carbocycles. The highest BCUT2D eigenvalue weighted by Gasteiger charge is 2.06. The second-order valence-corrected chi connectivity index (χ2v) is 4.16. The van der Waals surface area contributed by atoms with Crippen molar-refractivity contribution < 1.29 is 23.4 Å². The summed E-state index contributed by atoms with van der Waals surface area (Å²) in [7, 11) is 1.49. The third kappa shape index (κ3) is 3.95. The molecule has 0 atom stereocenters. The molecule has 0 radical (unpaired) electrons. The standard InChI is InChI=1S/C16H15FO4/c1-19-16-10-12(11-18)6-7-15(16)21-9-8-20-14-5-3-2-4-13(14)17/h2-7,10-11H,8-9H2,1H3. The largest absolute Gasteiger partial charge is 0.493 e. The minimum absolute atomic E-state index is 0.185. The molecule has 0 aliphatic heterocycles. The van der Waals surface area contributed by atoms with Crippen molar-refractivity contribution in [1.82, 2.24) is 0 Å². The van der Waals surface area contributed by atoms with Gasteiger partial charge in [0.2, 0.25) is 0 Å². The van der Waals surface area contributed by atoms with Crippen LogP contribution in [0.1, 0.15) is 10.4 Å².